The van der Waals surface area contributed by atoms with Gasteiger partial charge in [0.25, 0.3) is 0 Å². The van der Waals surface area contributed by atoms with Gasteiger partial charge < -0.3 is 23.4 Å². The van der Waals surface area contributed by atoms with E-state index in [4.69, 9.17) is 33.3 Å². The first kappa shape index (κ1) is 28.7. The SMILES string of the molecule is COc1ccccc1-c1nc(CSc2nc(C)c(C)c(-c3ccc(OC[C@H]4COC(C)(C)O4)cc3)c2C#N)c(C)o1. The largest absolute Gasteiger partial charge is 0.496 e. The Morgan fingerprint density at radius 3 is 2.51 bits per heavy atom. The van der Waals surface area contributed by atoms with Gasteiger partial charge in [0, 0.05) is 17.0 Å². The lowest BCUT2D eigenvalue weighted by atomic mass is 9.96. The maximum Gasteiger partial charge on any atom is 0.230 e. The highest BCUT2D eigenvalue weighted by Crippen LogP contribution is 2.37. The molecular weight excluding hydrogens is 538 g/mol. The molecule has 0 aliphatic carbocycles. The van der Waals surface area contributed by atoms with Crippen molar-refractivity contribution in [3.8, 4) is 40.1 Å². The molecule has 1 aliphatic rings. The maximum absolute atomic E-state index is 10.2. The number of aromatic nitrogens is 2. The minimum absolute atomic E-state index is 0.112. The molecule has 212 valence electrons. The molecule has 9 heteroatoms. The minimum Gasteiger partial charge on any atom is -0.496 e. The molecule has 2 aromatic carbocycles. The number of hydrogen-bond acceptors (Lipinski definition) is 9. The smallest absolute Gasteiger partial charge is 0.230 e. The summed E-state index contributed by atoms with van der Waals surface area (Å²) in [5, 5.41) is 10.9. The van der Waals surface area contributed by atoms with E-state index in [0.29, 0.717) is 41.2 Å². The van der Waals surface area contributed by atoms with Gasteiger partial charge in [-0.3, -0.25) is 0 Å². The Hall–Kier alpha value is -3.84. The molecule has 8 nitrogen and oxygen atoms in total. The number of hydrogen-bond donors (Lipinski definition) is 0. The summed E-state index contributed by atoms with van der Waals surface area (Å²) in [5.74, 6) is 2.57. The second-order valence-corrected chi connectivity index (χ2v) is 11.3. The van der Waals surface area contributed by atoms with Crippen LogP contribution in [0.5, 0.6) is 11.5 Å². The predicted molar refractivity (Wildman–Crippen MR) is 157 cm³/mol. The molecule has 0 amide bonds. The maximum atomic E-state index is 10.2. The third-order valence-electron chi connectivity index (χ3n) is 6.98. The normalized spacial score (nSPS) is 16.0. The van der Waals surface area contributed by atoms with Crippen LogP contribution in [-0.2, 0) is 15.2 Å². The molecule has 3 heterocycles. The Morgan fingerprint density at radius 2 is 1.83 bits per heavy atom. The summed E-state index contributed by atoms with van der Waals surface area (Å²) in [6.07, 6.45) is -0.112. The Bertz CT molecular complexity index is 1590. The molecule has 1 atom stereocenters. The summed E-state index contributed by atoms with van der Waals surface area (Å²) < 4.78 is 28.8. The van der Waals surface area contributed by atoms with Crippen LogP contribution in [0.25, 0.3) is 22.6 Å². The summed E-state index contributed by atoms with van der Waals surface area (Å²) in [6.45, 7) is 10.6. The van der Waals surface area contributed by atoms with Crippen molar-refractivity contribution in [2.45, 2.75) is 57.3 Å². The zero-order chi connectivity index (χ0) is 29.1. The molecule has 0 radical (unpaired) electrons. The summed E-state index contributed by atoms with van der Waals surface area (Å²) in [7, 11) is 1.62. The Labute approximate surface area is 244 Å². The van der Waals surface area contributed by atoms with Crippen LogP contribution < -0.4 is 9.47 Å². The first-order valence-corrected chi connectivity index (χ1v) is 14.4. The topological polar surface area (TPSA) is 99.6 Å². The number of rotatable bonds is 9. The van der Waals surface area contributed by atoms with Crippen LogP contribution >= 0.6 is 11.8 Å². The van der Waals surface area contributed by atoms with Crippen LogP contribution in [0.4, 0.5) is 0 Å². The zero-order valence-corrected chi connectivity index (χ0v) is 24.9. The standard InChI is InChI=1S/C32H33N3O5S/c1-19-20(2)34-31(41-18-27-21(3)39-30(35-27)25-9-7-8-10-28(25)36-6)26(15-33)29(19)22-11-13-23(14-12-22)37-16-24-17-38-32(4,5)40-24/h7-14,24H,16-18H2,1-6H3/t24-/m0/s1. The van der Waals surface area contributed by atoms with Crippen molar-refractivity contribution in [3.05, 3.63) is 76.8 Å². The molecule has 41 heavy (non-hydrogen) atoms. The zero-order valence-electron chi connectivity index (χ0n) is 24.1. The van der Waals surface area contributed by atoms with Gasteiger partial charge in [0.1, 0.15) is 41.1 Å². The number of para-hydroxylation sites is 1. The number of nitrogens with zero attached hydrogens (tertiary/aromatic N) is 3. The number of oxazole rings is 1. The molecule has 5 rings (SSSR count). The van der Waals surface area contributed by atoms with E-state index in [0.717, 1.165) is 45.2 Å². The molecule has 1 saturated heterocycles. The highest BCUT2D eigenvalue weighted by molar-refractivity contribution is 7.98. The Kier molecular flexibility index (Phi) is 8.36. The fourth-order valence-electron chi connectivity index (χ4n) is 4.72. The second-order valence-electron chi connectivity index (χ2n) is 10.3. The second kappa shape index (κ2) is 12.0. The molecule has 0 bridgehead atoms. The summed E-state index contributed by atoms with van der Waals surface area (Å²) >= 11 is 1.48. The minimum atomic E-state index is -0.581. The van der Waals surface area contributed by atoms with Gasteiger partial charge in [-0.05, 0) is 70.0 Å². The third-order valence-corrected chi connectivity index (χ3v) is 7.97. The molecule has 0 saturated carbocycles. The fraction of sp³-hybridized carbons (Fsp3) is 0.344. The first-order chi connectivity index (χ1) is 19.7. The molecule has 0 unspecified atom stereocenters. The van der Waals surface area contributed by atoms with Crippen LogP contribution in [0.1, 0.15) is 42.1 Å². The van der Waals surface area contributed by atoms with Crippen molar-refractivity contribution in [2.24, 2.45) is 0 Å². The van der Waals surface area contributed by atoms with Gasteiger partial charge in [-0.1, -0.05) is 36.0 Å². The van der Waals surface area contributed by atoms with Gasteiger partial charge in [-0.15, -0.1) is 0 Å². The van der Waals surface area contributed by atoms with Gasteiger partial charge in [0.05, 0.1) is 30.5 Å². The average Bonchev–Trinajstić information content (AvgIpc) is 3.52. The quantitative estimate of drug-likeness (QED) is 0.196. The van der Waals surface area contributed by atoms with E-state index in [1.165, 1.54) is 11.8 Å². The van der Waals surface area contributed by atoms with Gasteiger partial charge in [0.2, 0.25) is 5.89 Å². The molecule has 0 spiro atoms. The third kappa shape index (κ3) is 6.25. The highest BCUT2D eigenvalue weighted by atomic mass is 32.2. The number of benzene rings is 2. The number of nitriles is 1. The van der Waals surface area contributed by atoms with Crippen molar-refractivity contribution in [3.63, 3.8) is 0 Å². The van der Waals surface area contributed by atoms with E-state index >= 15 is 0 Å². The molecule has 0 N–H and O–H groups in total. The molecule has 1 aliphatic heterocycles. The van der Waals surface area contributed by atoms with Crippen molar-refractivity contribution in [1.29, 1.82) is 5.26 Å². The van der Waals surface area contributed by atoms with E-state index in [1.54, 1.807) is 7.11 Å². The van der Waals surface area contributed by atoms with Gasteiger partial charge in [0.15, 0.2) is 5.79 Å². The monoisotopic (exact) mass is 571 g/mol. The molecule has 2 aromatic heterocycles. The van der Waals surface area contributed by atoms with Crippen LogP contribution in [0.15, 0.2) is 58.0 Å². The van der Waals surface area contributed by atoms with Crippen LogP contribution in [0.2, 0.25) is 0 Å². The lowest BCUT2D eigenvalue weighted by Crippen LogP contribution is -2.25. The van der Waals surface area contributed by atoms with E-state index in [2.05, 4.69) is 6.07 Å². The number of methoxy groups -OCH3 is 1. The summed E-state index contributed by atoms with van der Waals surface area (Å²) in [6, 6.07) is 17.8. The van der Waals surface area contributed by atoms with Crippen molar-refractivity contribution < 1.29 is 23.4 Å². The molecule has 1 fully saturated rings. The molecular formula is C32H33N3O5S. The van der Waals surface area contributed by atoms with E-state index in [1.807, 2.05) is 83.1 Å². The van der Waals surface area contributed by atoms with Crippen LogP contribution in [0.3, 0.4) is 0 Å². The van der Waals surface area contributed by atoms with Crippen molar-refractivity contribution in [1.82, 2.24) is 9.97 Å². The Balaban J connectivity index is 1.35. The number of ether oxygens (including phenoxy) is 4. The van der Waals surface area contributed by atoms with E-state index < -0.39 is 5.79 Å². The Morgan fingerprint density at radius 1 is 1.07 bits per heavy atom. The van der Waals surface area contributed by atoms with E-state index in [9.17, 15) is 5.26 Å². The first-order valence-electron chi connectivity index (χ1n) is 13.4. The van der Waals surface area contributed by atoms with Gasteiger partial charge >= 0.3 is 0 Å². The van der Waals surface area contributed by atoms with Gasteiger partial charge in [-0.25, -0.2) is 9.97 Å². The average molecular weight is 572 g/mol. The number of aryl methyl sites for hydroxylation is 2. The van der Waals surface area contributed by atoms with Crippen molar-refractivity contribution in [2.75, 3.05) is 20.3 Å². The van der Waals surface area contributed by atoms with Crippen LogP contribution in [-0.4, -0.2) is 42.2 Å². The van der Waals surface area contributed by atoms with Gasteiger partial charge in [-0.2, -0.15) is 5.26 Å². The van der Waals surface area contributed by atoms with Crippen LogP contribution in [0, 0.1) is 32.1 Å². The lowest BCUT2D eigenvalue weighted by molar-refractivity contribution is -0.141. The van der Waals surface area contributed by atoms with Crippen molar-refractivity contribution >= 4 is 11.8 Å². The molecule has 4 aromatic rings. The summed E-state index contributed by atoms with van der Waals surface area (Å²) in [5.41, 5.74) is 5.76. The summed E-state index contributed by atoms with van der Waals surface area (Å²) in [4.78, 5) is 9.52. The number of thioether (sulfide) groups is 1. The predicted octanol–water partition coefficient (Wildman–Crippen LogP) is 7.03. The van der Waals surface area contributed by atoms with E-state index in [-0.39, 0.29) is 6.10 Å². The lowest BCUT2D eigenvalue weighted by Gasteiger charge is -2.17. The number of pyridine rings is 1. The fourth-order valence-corrected chi connectivity index (χ4v) is 5.76. The highest BCUT2D eigenvalue weighted by Gasteiger charge is 2.33.